The van der Waals surface area contributed by atoms with E-state index in [0.717, 1.165) is 25.2 Å². The Balaban J connectivity index is 1.69. The molecule has 2 aromatic carbocycles. The highest BCUT2D eigenvalue weighted by molar-refractivity contribution is 5.80. The van der Waals surface area contributed by atoms with Crippen molar-refractivity contribution in [1.82, 2.24) is 10.6 Å². The molecular weight excluding hydrogens is 367 g/mol. The lowest BCUT2D eigenvalue weighted by atomic mass is 10.1. The summed E-state index contributed by atoms with van der Waals surface area (Å²) in [6.45, 7) is 7.24. The van der Waals surface area contributed by atoms with Crippen molar-refractivity contribution in [3.8, 4) is 0 Å². The van der Waals surface area contributed by atoms with Crippen molar-refractivity contribution < 1.29 is 9.50 Å². The second-order valence-corrected chi connectivity index (χ2v) is 7.43. The molecule has 0 saturated carbocycles. The van der Waals surface area contributed by atoms with Crippen molar-refractivity contribution in [2.24, 2.45) is 4.99 Å². The zero-order chi connectivity index (χ0) is 20.6. The van der Waals surface area contributed by atoms with Crippen LogP contribution in [0.25, 0.3) is 0 Å². The van der Waals surface area contributed by atoms with Crippen LogP contribution in [0.4, 0.5) is 10.1 Å². The summed E-state index contributed by atoms with van der Waals surface area (Å²) in [4.78, 5) is 7.07. The van der Waals surface area contributed by atoms with Crippen LogP contribution in [0.15, 0.2) is 47.5 Å². The molecule has 3 N–H and O–H groups in total. The molecule has 1 aliphatic heterocycles. The minimum Gasteiger partial charge on any atom is -0.392 e. The van der Waals surface area contributed by atoms with E-state index in [4.69, 9.17) is 0 Å². The zero-order valence-corrected chi connectivity index (χ0v) is 17.3. The number of nitrogens with one attached hydrogen (secondary N) is 2. The van der Waals surface area contributed by atoms with E-state index in [2.05, 4.69) is 51.7 Å². The van der Waals surface area contributed by atoms with Gasteiger partial charge in [-0.1, -0.05) is 18.2 Å². The van der Waals surface area contributed by atoms with Gasteiger partial charge in [-0.2, -0.15) is 0 Å². The van der Waals surface area contributed by atoms with E-state index >= 15 is 0 Å². The molecule has 6 heteroatoms. The number of aliphatic imine (C=N–C) groups is 1. The van der Waals surface area contributed by atoms with Crippen LogP contribution in [-0.2, 0) is 13.2 Å². The third kappa shape index (κ3) is 5.70. The third-order valence-corrected chi connectivity index (χ3v) is 5.24. The first-order valence-electron chi connectivity index (χ1n) is 10.4. The normalized spacial score (nSPS) is 15.4. The molecule has 1 heterocycles. The maximum absolute atomic E-state index is 13.6. The van der Waals surface area contributed by atoms with Gasteiger partial charge in [-0.05, 0) is 62.1 Å². The number of benzene rings is 2. The molecule has 0 spiro atoms. The maximum Gasteiger partial charge on any atom is 0.192 e. The third-order valence-electron chi connectivity index (χ3n) is 5.24. The average molecular weight is 399 g/mol. The lowest BCUT2D eigenvalue weighted by Crippen LogP contribution is -2.38. The Hall–Kier alpha value is -2.60. The molecule has 0 aromatic heterocycles. The van der Waals surface area contributed by atoms with Gasteiger partial charge in [0.05, 0.1) is 19.2 Å². The molecule has 1 unspecified atom stereocenters. The fraction of sp³-hybridized carbons (Fsp3) is 0.435. The van der Waals surface area contributed by atoms with Crippen LogP contribution in [0, 0.1) is 5.82 Å². The first-order chi connectivity index (χ1) is 14.1. The Kier molecular flexibility index (Phi) is 7.47. The van der Waals surface area contributed by atoms with Gasteiger partial charge in [-0.25, -0.2) is 9.38 Å². The van der Waals surface area contributed by atoms with Crippen molar-refractivity contribution in [2.45, 2.75) is 45.9 Å². The van der Waals surface area contributed by atoms with Crippen molar-refractivity contribution in [1.29, 1.82) is 0 Å². The summed E-state index contributed by atoms with van der Waals surface area (Å²) in [5.74, 6) is 0.318. The Bertz CT molecular complexity index is 833. The van der Waals surface area contributed by atoms with E-state index in [9.17, 15) is 9.50 Å². The molecule has 0 bridgehead atoms. The Morgan fingerprint density at radius 1 is 1.21 bits per heavy atom. The predicted octanol–water partition coefficient (Wildman–Crippen LogP) is 3.73. The summed E-state index contributed by atoms with van der Waals surface area (Å²) < 4.78 is 13.6. The average Bonchev–Trinajstić information content (AvgIpc) is 3.28. The van der Waals surface area contributed by atoms with E-state index < -0.39 is 5.82 Å². The van der Waals surface area contributed by atoms with Gasteiger partial charge in [0.15, 0.2) is 5.96 Å². The fourth-order valence-corrected chi connectivity index (χ4v) is 3.59. The van der Waals surface area contributed by atoms with Crippen LogP contribution in [0.5, 0.6) is 0 Å². The smallest absolute Gasteiger partial charge is 0.192 e. The van der Waals surface area contributed by atoms with Crippen LogP contribution in [0.3, 0.4) is 0 Å². The van der Waals surface area contributed by atoms with Crippen LogP contribution in [0.2, 0.25) is 0 Å². The van der Waals surface area contributed by atoms with Gasteiger partial charge in [0, 0.05) is 30.9 Å². The molecule has 29 heavy (non-hydrogen) atoms. The van der Waals surface area contributed by atoms with Crippen molar-refractivity contribution in [2.75, 3.05) is 24.5 Å². The van der Waals surface area contributed by atoms with Crippen LogP contribution >= 0.6 is 0 Å². The van der Waals surface area contributed by atoms with Crippen molar-refractivity contribution in [3.05, 3.63) is 65.0 Å². The Morgan fingerprint density at radius 2 is 2.00 bits per heavy atom. The van der Waals surface area contributed by atoms with Gasteiger partial charge in [0.2, 0.25) is 0 Å². The minimum atomic E-state index is -0.392. The molecule has 2 aromatic rings. The number of hydrogen-bond donors (Lipinski definition) is 3. The van der Waals surface area contributed by atoms with Crippen LogP contribution < -0.4 is 15.5 Å². The summed E-state index contributed by atoms with van der Waals surface area (Å²) in [5, 5.41) is 16.0. The number of halogens is 1. The second kappa shape index (κ2) is 10.3. The van der Waals surface area contributed by atoms with E-state index in [0.29, 0.717) is 18.1 Å². The summed E-state index contributed by atoms with van der Waals surface area (Å²) in [6, 6.07) is 13.5. The predicted molar refractivity (Wildman–Crippen MR) is 117 cm³/mol. The van der Waals surface area contributed by atoms with Gasteiger partial charge >= 0.3 is 0 Å². The van der Waals surface area contributed by atoms with Crippen molar-refractivity contribution in [3.63, 3.8) is 0 Å². The number of nitrogens with zero attached hydrogens (tertiary/aromatic N) is 2. The Labute approximate surface area is 172 Å². The minimum absolute atomic E-state index is 0.0940. The van der Waals surface area contributed by atoms with Crippen LogP contribution in [0.1, 0.15) is 49.4 Å². The summed E-state index contributed by atoms with van der Waals surface area (Å²) in [6.07, 6.45) is 2.52. The first-order valence-corrected chi connectivity index (χ1v) is 10.4. The van der Waals surface area contributed by atoms with Crippen molar-refractivity contribution >= 4 is 11.6 Å². The highest BCUT2D eigenvalue weighted by Crippen LogP contribution is 2.24. The van der Waals surface area contributed by atoms with Gasteiger partial charge in [-0.15, -0.1) is 0 Å². The topological polar surface area (TPSA) is 59.9 Å². The Morgan fingerprint density at radius 3 is 2.72 bits per heavy atom. The highest BCUT2D eigenvalue weighted by Gasteiger charge is 2.14. The van der Waals surface area contributed by atoms with Crippen LogP contribution in [-0.4, -0.2) is 30.7 Å². The molecule has 1 atom stereocenters. The lowest BCUT2D eigenvalue weighted by molar-refractivity contribution is 0.275. The molecule has 0 radical (unpaired) electrons. The fourth-order valence-electron chi connectivity index (χ4n) is 3.59. The lowest BCUT2D eigenvalue weighted by Gasteiger charge is -2.22. The SMILES string of the molecule is CCNC(=NCc1ccc(F)c(CO)c1)NC(C)c1cccc(N2CCCC2)c1. The molecular formula is C23H31FN4O. The molecule has 0 aliphatic carbocycles. The van der Waals surface area contributed by atoms with Gasteiger partial charge in [0.25, 0.3) is 0 Å². The first kappa shape index (κ1) is 21.1. The van der Waals surface area contributed by atoms with Gasteiger partial charge in [0.1, 0.15) is 5.82 Å². The van der Waals surface area contributed by atoms with E-state index in [1.165, 1.54) is 30.2 Å². The standard InChI is InChI=1S/C23H31FN4O/c1-3-25-23(26-15-18-9-10-22(24)20(13-18)16-29)27-17(2)19-7-6-8-21(14-19)28-11-4-5-12-28/h6-10,13-14,17,29H,3-5,11-12,15-16H2,1-2H3,(H2,25,26,27). The van der Waals surface area contributed by atoms with E-state index in [1.807, 2.05) is 6.92 Å². The number of aliphatic hydroxyl groups excluding tert-OH is 1. The maximum atomic E-state index is 13.6. The highest BCUT2D eigenvalue weighted by atomic mass is 19.1. The zero-order valence-electron chi connectivity index (χ0n) is 17.3. The molecule has 0 amide bonds. The molecule has 1 aliphatic rings. The summed E-state index contributed by atoms with van der Waals surface area (Å²) >= 11 is 0. The molecule has 1 fully saturated rings. The second-order valence-electron chi connectivity index (χ2n) is 7.43. The largest absolute Gasteiger partial charge is 0.392 e. The van der Waals surface area contributed by atoms with E-state index in [1.54, 1.807) is 12.1 Å². The summed E-state index contributed by atoms with van der Waals surface area (Å²) in [7, 11) is 0. The van der Waals surface area contributed by atoms with Gasteiger partial charge < -0.3 is 20.6 Å². The number of guanidine groups is 1. The molecule has 1 saturated heterocycles. The number of anilines is 1. The number of hydrogen-bond acceptors (Lipinski definition) is 3. The molecule has 3 rings (SSSR count). The monoisotopic (exact) mass is 398 g/mol. The van der Waals surface area contributed by atoms with E-state index in [-0.39, 0.29) is 12.6 Å². The molecule has 5 nitrogen and oxygen atoms in total. The number of rotatable bonds is 7. The molecule has 156 valence electrons. The number of aliphatic hydroxyl groups is 1. The van der Waals surface area contributed by atoms with Gasteiger partial charge in [-0.3, -0.25) is 0 Å². The summed E-state index contributed by atoms with van der Waals surface area (Å²) in [5.41, 5.74) is 3.64. The quantitative estimate of drug-likeness (QED) is 0.491.